The largest absolute Gasteiger partial charge is 0.382 e. The number of pyridine rings is 2. The van der Waals surface area contributed by atoms with E-state index in [0.717, 1.165) is 16.9 Å². The molecule has 2 aromatic heterocycles. The summed E-state index contributed by atoms with van der Waals surface area (Å²) < 4.78 is 10.7. The maximum absolute atomic E-state index is 12.6. The second-order valence-corrected chi connectivity index (χ2v) is 7.65. The Hall–Kier alpha value is -3.82. The van der Waals surface area contributed by atoms with Crippen LogP contribution in [0.3, 0.4) is 0 Å². The summed E-state index contributed by atoms with van der Waals surface area (Å²) in [6, 6.07) is 14.5. The number of amides is 2. The number of anilines is 3. The number of urea groups is 1. The third-order valence-electron chi connectivity index (χ3n) is 5.01. The highest BCUT2D eigenvalue weighted by Gasteiger charge is 2.16. The first-order chi connectivity index (χ1) is 16.5. The Kier molecular flexibility index (Phi) is 9.07. The van der Waals surface area contributed by atoms with E-state index in [2.05, 4.69) is 25.9 Å². The predicted octanol–water partition coefficient (Wildman–Crippen LogP) is 5.06. The summed E-state index contributed by atoms with van der Waals surface area (Å²) in [7, 11) is 1.60. The predicted molar refractivity (Wildman–Crippen MR) is 137 cm³/mol. The maximum atomic E-state index is 12.6. The zero-order valence-electron chi connectivity index (χ0n) is 19.6. The molecule has 2 amide bonds. The molecule has 2 heterocycles. The fourth-order valence-corrected chi connectivity index (χ4v) is 3.30. The molecule has 0 spiro atoms. The van der Waals surface area contributed by atoms with Crippen molar-refractivity contribution in [3.05, 3.63) is 77.2 Å². The zero-order chi connectivity index (χ0) is 24.3. The van der Waals surface area contributed by atoms with Gasteiger partial charge in [-0.1, -0.05) is 30.3 Å². The first-order valence-corrected chi connectivity index (χ1v) is 10.9. The molecule has 9 heteroatoms. The van der Waals surface area contributed by atoms with Gasteiger partial charge in [0, 0.05) is 39.3 Å². The summed E-state index contributed by atoms with van der Waals surface area (Å²) in [5.41, 5.74) is 4.39. The summed E-state index contributed by atoms with van der Waals surface area (Å²) in [6.45, 7) is 4.82. The van der Waals surface area contributed by atoms with Gasteiger partial charge in [-0.3, -0.25) is 10.3 Å². The van der Waals surface area contributed by atoms with E-state index in [1.807, 2.05) is 56.3 Å². The number of benzene rings is 1. The van der Waals surface area contributed by atoms with Gasteiger partial charge in [0.25, 0.3) is 0 Å². The van der Waals surface area contributed by atoms with Crippen LogP contribution in [0.1, 0.15) is 38.3 Å². The third-order valence-corrected chi connectivity index (χ3v) is 5.01. The monoisotopic (exact) mass is 466 g/mol. The number of aromatic nitrogens is 2. The van der Waals surface area contributed by atoms with Crippen molar-refractivity contribution in [1.29, 1.82) is 5.41 Å². The van der Waals surface area contributed by atoms with Crippen molar-refractivity contribution in [3.63, 3.8) is 0 Å². The van der Waals surface area contributed by atoms with Crippen LogP contribution in [0, 0.1) is 12.3 Å². The Balaban J connectivity index is 0.00000324. The van der Waals surface area contributed by atoms with Crippen LogP contribution in [-0.2, 0) is 16.1 Å². The molecular formula is C25H34N6O3. The highest BCUT2D eigenvalue weighted by molar-refractivity contribution is 5.93. The Morgan fingerprint density at radius 1 is 1.21 bits per heavy atom. The third kappa shape index (κ3) is 7.09. The topological polar surface area (TPSA) is 121 Å². The van der Waals surface area contributed by atoms with Crippen LogP contribution in [0.4, 0.5) is 22.0 Å². The van der Waals surface area contributed by atoms with Crippen LogP contribution in [0.15, 0.2) is 54.7 Å². The van der Waals surface area contributed by atoms with Gasteiger partial charge in [-0.15, -0.1) is 0 Å². The number of carbonyl (C=O) groups excluding carboxylic acids is 1. The van der Waals surface area contributed by atoms with Crippen LogP contribution in [0.5, 0.6) is 0 Å². The van der Waals surface area contributed by atoms with Gasteiger partial charge in [0.05, 0.1) is 37.2 Å². The minimum absolute atomic E-state index is 0. The standard InChI is InChI=1S/C25H30N6O3.2H2/c1-17-13-21(9-10-27-17)29-24-20(15-26)14-23(30-22(24)16-34-12-11-33-3)31-25(32)28-18(2)19-7-5-4-6-8-19;;/h4-10,13-15,18,26H,11-12,16H2,1-3H3,(H,27,29)(H2,28,30,31,32);2*1H/t18-;;/m1../s1. The van der Waals surface area contributed by atoms with Crippen molar-refractivity contribution in [2.75, 3.05) is 31.0 Å². The lowest BCUT2D eigenvalue weighted by Crippen LogP contribution is -2.31. The number of nitrogens with one attached hydrogen (secondary N) is 4. The lowest BCUT2D eigenvalue weighted by molar-refractivity contribution is 0.0605. The molecule has 3 rings (SSSR count). The first kappa shape index (κ1) is 24.8. The van der Waals surface area contributed by atoms with Crippen LogP contribution in [0.25, 0.3) is 0 Å². The highest BCUT2D eigenvalue weighted by atomic mass is 16.5. The number of hydrogen-bond acceptors (Lipinski definition) is 7. The minimum Gasteiger partial charge on any atom is -0.382 e. The Bertz CT molecular complexity index is 1120. The van der Waals surface area contributed by atoms with E-state index in [-0.39, 0.29) is 15.5 Å². The van der Waals surface area contributed by atoms with Gasteiger partial charge in [-0.05, 0) is 37.6 Å². The van der Waals surface area contributed by atoms with Crippen molar-refractivity contribution in [3.8, 4) is 0 Å². The Morgan fingerprint density at radius 2 is 2.00 bits per heavy atom. The molecule has 3 aromatic rings. The summed E-state index contributed by atoms with van der Waals surface area (Å²) in [6.07, 6.45) is 2.92. The fraction of sp³-hybridized carbons (Fsp3) is 0.280. The lowest BCUT2D eigenvalue weighted by atomic mass is 10.1. The van der Waals surface area contributed by atoms with E-state index < -0.39 is 6.03 Å². The van der Waals surface area contributed by atoms with Gasteiger partial charge in [-0.2, -0.15) is 0 Å². The summed E-state index contributed by atoms with van der Waals surface area (Å²) in [5.74, 6) is 0.318. The highest BCUT2D eigenvalue weighted by Crippen LogP contribution is 2.27. The molecule has 0 aliphatic heterocycles. The summed E-state index contributed by atoms with van der Waals surface area (Å²) >= 11 is 0. The number of carbonyl (C=O) groups is 1. The molecule has 0 aliphatic rings. The summed E-state index contributed by atoms with van der Waals surface area (Å²) in [5, 5.41) is 16.9. The molecule has 34 heavy (non-hydrogen) atoms. The molecule has 9 nitrogen and oxygen atoms in total. The van der Waals surface area contributed by atoms with Crippen LogP contribution in [0.2, 0.25) is 0 Å². The van der Waals surface area contributed by atoms with E-state index in [4.69, 9.17) is 14.9 Å². The molecule has 0 unspecified atom stereocenters. The number of ether oxygens (including phenoxy) is 2. The molecule has 1 aromatic carbocycles. The zero-order valence-corrected chi connectivity index (χ0v) is 19.6. The lowest BCUT2D eigenvalue weighted by Gasteiger charge is -2.18. The van der Waals surface area contributed by atoms with Gasteiger partial charge in [0.2, 0.25) is 0 Å². The second-order valence-electron chi connectivity index (χ2n) is 7.65. The molecule has 0 bridgehead atoms. The van der Waals surface area contributed by atoms with Crippen molar-refractivity contribution in [2.24, 2.45) is 0 Å². The maximum Gasteiger partial charge on any atom is 0.320 e. The first-order valence-electron chi connectivity index (χ1n) is 10.9. The average molecular weight is 467 g/mol. The molecule has 0 saturated carbocycles. The second kappa shape index (κ2) is 12.4. The number of hydrogen-bond donors (Lipinski definition) is 4. The normalized spacial score (nSPS) is 11.5. The van der Waals surface area contributed by atoms with E-state index in [1.54, 1.807) is 19.4 Å². The van der Waals surface area contributed by atoms with E-state index >= 15 is 0 Å². The van der Waals surface area contributed by atoms with Gasteiger partial charge in [0.15, 0.2) is 0 Å². The number of methoxy groups -OCH3 is 1. The molecule has 4 N–H and O–H groups in total. The quantitative estimate of drug-likeness (QED) is 0.231. The van der Waals surface area contributed by atoms with Gasteiger partial charge >= 0.3 is 6.03 Å². The summed E-state index contributed by atoms with van der Waals surface area (Å²) in [4.78, 5) is 21.4. The molecular weight excluding hydrogens is 432 g/mol. The number of aryl methyl sites for hydroxylation is 1. The van der Waals surface area contributed by atoms with Gasteiger partial charge in [0.1, 0.15) is 5.82 Å². The molecule has 0 saturated heterocycles. The van der Waals surface area contributed by atoms with Crippen molar-refractivity contribution >= 4 is 29.4 Å². The number of rotatable bonds is 11. The van der Waals surface area contributed by atoms with Crippen LogP contribution in [-0.4, -0.2) is 42.5 Å². The smallest absolute Gasteiger partial charge is 0.320 e. The molecule has 182 valence electrons. The van der Waals surface area contributed by atoms with E-state index in [9.17, 15) is 4.79 Å². The SMILES string of the molecule is COCCOCc1nc(NC(=O)N[C@H](C)c2ccccc2)cc(C=N)c1Nc1ccnc(C)c1.[HH].[HH]. The van der Waals surface area contributed by atoms with Gasteiger partial charge < -0.3 is 25.5 Å². The van der Waals surface area contributed by atoms with Crippen LogP contribution >= 0.6 is 0 Å². The molecule has 0 fully saturated rings. The molecule has 1 atom stereocenters. The Labute approximate surface area is 202 Å². The molecule has 0 aliphatic carbocycles. The van der Waals surface area contributed by atoms with Gasteiger partial charge in [-0.25, -0.2) is 9.78 Å². The van der Waals surface area contributed by atoms with Crippen molar-refractivity contribution in [1.82, 2.24) is 15.3 Å². The fourth-order valence-electron chi connectivity index (χ4n) is 3.30. The van der Waals surface area contributed by atoms with Crippen molar-refractivity contribution in [2.45, 2.75) is 26.5 Å². The minimum atomic E-state index is -0.392. The van der Waals surface area contributed by atoms with Crippen LogP contribution < -0.4 is 16.0 Å². The van der Waals surface area contributed by atoms with E-state index in [1.165, 1.54) is 6.21 Å². The molecule has 0 radical (unpaired) electrons. The van der Waals surface area contributed by atoms with E-state index in [0.29, 0.717) is 36.0 Å². The van der Waals surface area contributed by atoms with Crippen molar-refractivity contribution < 1.29 is 17.1 Å². The Morgan fingerprint density at radius 3 is 2.71 bits per heavy atom. The number of nitrogens with zero attached hydrogens (tertiary/aromatic N) is 2. The average Bonchev–Trinajstić information content (AvgIpc) is 2.83.